The topological polar surface area (TPSA) is 95.0 Å². The van der Waals surface area contributed by atoms with Crippen LogP contribution in [0, 0.1) is 11.3 Å². The van der Waals surface area contributed by atoms with Crippen molar-refractivity contribution < 1.29 is 9.90 Å². The minimum absolute atomic E-state index is 0.552. The van der Waals surface area contributed by atoms with Gasteiger partial charge in [-0.25, -0.2) is 0 Å². The Morgan fingerprint density at radius 1 is 1.32 bits per heavy atom. The minimum atomic E-state index is -0.614. The Morgan fingerprint density at radius 3 is 2.76 bits per heavy atom. The second-order valence-electron chi connectivity index (χ2n) is 7.48. The number of hydrogen-bond donors (Lipinski definition) is 2. The van der Waals surface area contributed by atoms with Crippen LogP contribution < -0.4 is 0 Å². The van der Waals surface area contributed by atoms with Gasteiger partial charge in [-0.3, -0.25) is 9.69 Å². The van der Waals surface area contributed by atoms with Crippen molar-refractivity contribution in [1.29, 1.82) is 0 Å². The second-order valence-corrected chi connectivity index (χ2v) is 7.48. The zero-order valence-corrected chi connectivity index (χ0v) is 14.2. The lowest BCUT2D eigenvalue weighted by molar-refractivity contribution is -0.153. The number of benzene rings is 1. The van der Waals surface area contributed by atoms with Crippen LogP contribution in [0.25, 0.3) is 11.4 Å². The third-order valence-corrected chi connectivity index (χ3v) is 5.45. The summed E-state index contributed by atoms with van der Waals surface area (Å²) >= 11 is 0. The van der Waals surface area contributed by atoms with Crippen LogP contribution in [-0.4, -0.2) is 49.7 Å². The number of piperidine rings is 1. The summed E-state index contributed by atoms with van der Waals surface area (Å²) < 4.78 is 0. The maximum atomic E-state index is 12.0. The average Bonchev–Trinajstić information content (AvgIpc) is 3.24. The van der Waals surface area contributed by atoms with Crippen LogP contribution in [0.1, 0.15) is 37.7 Å². The molecular weight excluding hydrogens is 318 g/mol. The average molecular weight is 341 g/mol. The summed E-state index contributed by atoms with van der Waals surface area (Å²) in [5.41, 5.74) is 1.55. The van der Waals surface area contributed by atoms with Gasteiger partial charge in [0.05, 0.1) is 5.41 Å². The van der Waals surface area contributed by atoms with Gasteiger partial charge in [0.1, 0.15) is 0 Å². The highest BCUT2D eigenvalue weighted by molar-refractivity contribution is 5.75. The van der Waals surface area contributed by atoms with Crippen LogP contribution in [0.5, 0.6) is 0 Å². The van der Waals surface area contributed by atoms with E-state index in [2.05, 4.69) is 37.7 Å². The molecule has 1 saturated heterocycles. The van der Waals surface area contributed by atoms with E-state index < -0.39 is 11.4 Å². The number of aliphatic carboxylic acids is 1. The number of tetrazole rings is 1. The highest BCUT2D eigenvalue weighted by atomic mass is 16.4. The van der Waals surface area contributed by atoms with Gasteiger partial charge in [-0.1, -0.05) is 37.1 Å². The van der Waals surface area contributed by atoms with E-state index in [-0.39, 0.29) is 0 Å². The number of rotatable bonds is 6. The molecule has 25 heavy (non-hydrogen) atoms. The largest absolute Gasteiger partial charge is 0.481 e. The van der Waals surface area contributed by atoms with Gasteiger partial charge in [0.2, 0.25) is 5.82 Å². The van der Waals surface area contributed by atoms with Crippen LogP contribution in [0.3, 0.4) is 0 Å². The molecule has 7 heteroatoms. The monoisotopic (exact) mass is 341 g/mol. The van der Waals surface area contributed by atoms with Gasteiger partial charge in [0.25, 0.3) is 0 Å². The molecule has 0 amide bonds. The van der Waals surface area contributed by atoms with Crippen LogP contribution >= 0.6 is 0 Å². The first kappa shape index (κ1) is 16.2. The van der Waals surface area contributed by atoms with E-state index in [1.165, 1.54) is 18.4 Å². The number of carboxylic acid groups (broad SMARTS) is 1. The first-order valence-electron chi connectivity index (χ1n) is 8.93. The van der Waals surface area contributed by atoms with E-state index in [0.717, 1.165) is 37.9 Å². The first-order valence-corrected chi connectivity index (χ1v) is 8.93. The molecule has 1 saturated carbocycles. The van der Waals surface area contributed by atoms with E-state index in [1.54, 1.807) is 0 Å². The number of hydrogen-bond acceptors (Lipinski definition) is 5. The van der Waals surface area contributed by atoms with Gasteiger partial charge in [0.15, 0.2) is 0 Å². The maximum absolute atomic E-state index is 12.0. The van der Waals surface area contributed by atoms with Crippen molar-refractivity contribution in [2.45, 2.75) is 38.6 Å². The Hall–Kier alpha value is -2.28. The predicted molar refractivity (Wildman–Crippen MR) is 91.5 cm³/mol. The van der Waals surface area contributed by atoms with Gasteiger partial charge >= 0.3 is 5.97 Å². The van der Waals surface area contributed by atoms with Crippen LogP contribution in [0.2, 0.25) is 0 Å². The highest BCUT2D eigenvalue weighted by Crippen LogP contribution is 2.45. The van der Waals surface area contributed by atoms with E-state index in [4.69, 9.17) is 0 Å². The van der Waals surface area contributed by atoms with Gasteiger partial charge in [-0.2, -0.15) is 5.21 Å². The molecule has 132 valence electrons. The van der Waals surface area contributed by atoms with Gasteiger partial charge in [0, 0.05) is 18.7 Å². The van der Waals surface area contributed by atoms with Crippen molar-refractivity contribution in [2.24, 2.45) is 11.3 Å². The van der Waals surface area contributed by atoms with E-state index in [1.807, 2.05) is 12.1 Å². The Labute approximate surface area is 146 Å². The molecule has 2 fully saturated rings. The molecule has 1 aromatic carbocycles. The molecule has 0 radical (unpaired) electrons. The fourth-order valence-electron chi connectivity index (χ4n) is 3.97. The molecule has 1 atom stereocenters. The maximum Gasteiger partial charge on any atom is 0.310 e. The number of nitrogens with one attached hydrogen (secondary N) is 1. The molecule has 1 aromatic heterocycles. The molecule has 0 spiro atoms. The van der Waals surface area contributed by atoms with Crippen molar-refractivity contribution in [3.63, 3.8) is 0 Å². The molecule has 1 aliphatic carbocycles. The quantitative estimate of drug-likeness (QED) is 0.837. The summed E-state index contributed by atoms with van der Waals surface area (Å²) in [5.74, 6) is 0.598. The smallest absolute Gasteiger partial charge is 0.310 e. The van der Waals surface area contributed by atoms with E-state index >= 15 is 0 Å². The van der Waals surface area contributed by atoms with Gasteiger partial charge in [-0.05, 0) is 42.5 Å². The summed E-state index contributed by atoms with van der Waals surface area (Å²) in [4.78, 5) is 14.3. The molecule has 2 N–H and O–H groups in total. The van der Waals surface area contributed by atoms with Crippen LogP contribution in [0.4, 0.5) is 0 Å². The van der Waals surface area contributed by atoms with Crippen molar-refractivity contribution in [3.05, 3.63) is 29.8 Å². The SMILES string of the molecule is O=C(O)C1(CC2CC2)CCCN(Cc2ccc(-c3nn[nH]n3)cc2)C1. The molecule has 4 rings (SSSR count). The van der Waals surface area contributed by atoms with Crippen molar-refractivity contribution in [3.8, 4) is 11.4 Å². The van der Waals surface area contributed by atoms with Crippen LogP contribution in [-0.2, 0) is 11.3 Å². The molecule has 7 nitrogen and oxygen atoms in total. The third-order valence-electron chi connectivity index (χ3n) is 5.45. The summed E-state index contributed by atoms with van der Waals surface area (Å²) in [7, 11) is 0. The van der Waals surface area contributed by atoms with Crippen molar-refractivity contribution in [2.75, 3.05) is 13.1 Å². The lowest BCUT2D eigenvalue weighted by Gasteiger charge is -2.40. The predicted octanol–water partition coefficient (Wildman–Crippen LogP) is 2.33. The molecule has 2 aliphatic rings. The number of aromatic amines is 1. The molecule has 2 heterocycles. The van der Waals surface area contributed by atoms with Gasteiger partial charge in [-0.15, -0.1) is 10.2 Å². The number of H-pyrrole nitrogens is 1. The third kappa shape index (κ3) is 3.56. The Kier molecular flexibility index (Phi) is 4.25. The normalized spacial score (nSPS) is 24.3. The Balaban J connectivity index is 1.44. The van der Waals surface area contributed by atoms with E-state index in [0.29, 0.717) is 18.3 Å². The van der Waals surface area contributed by atoms with Crippen LogP contribution in [0.15, 0.2) is 24.3 Å². The fourth-order valence-corrected chi connectivity index (χ4v) is 3.97. The zero-order chi connectivity index (χ0) is 17.3. The van der Waals surface area contributed by atoms with Gasteiger partial charge < -0.3 is 5.11 Å². The molecule has 0 bridgehead atoms. The first-order chi connectivity index (χ1) is 12.1. The lowest BCUT2D eigenvalue weighted by Crippen LogP contribution is -2.47. The number of aromatic nitrogens is 4. The molecule has 1 unspecified atom stereocenters. The highest BCUT2D eigenvalue weighted by Gasteiger charge is 2.45. The second kappa shape index (κ2) is 6.55. The van der Waals surface area contributed by atoms with Crippen molar-refractivity contribution >= 4 is 5.97 Å². The van der Waals surface area contributed by atoms with E-state index in [9.17, 15) is 9.90 Å². The summed E-state index contributed by atoms with van der Waals surface area (Å²) in [5, 5.41) is 23.8. The fraction of sp³-hybridized carbons (Fsp3) is 0.556. The summed E-state index contributed by atoms with van der Waals surface area (Å²) in [6.07, 6.45) is 5.01. The number of nitrogens with zero attached hydrogens (tertiary/aromatic N) is 4. The summed E-state index contributed by atoms with van der Waals surface area (Å²) in [6.45, 7) is 2.41. The lowest BCUT2D eigenvalue weighted by atomic mass is 9.75. The number of likely N-dealkylation sites (tertiary alicyclic amines) is 1. The van der Waals surface area contributed by atoms with Crippen molar-refractivity contribution in [1.82, 2.24) is 25.5 Å². The molecular formula is C18H23N5O2. The standard InChI is InChI=1S/C18H23N5O2/c24-17(25)18(10-13-2-3-13)8-1-9-23(12-18)11-14-4-6-15(7-5-14)16-19-21-22-20-16/h4-7,13H,1-3,8-12H2,(H,24,25)(H,19,20,21,22). The summed E-state index contributed by atoms with van der Waals surface area (Å²) in [6, 6.07) is 8.09. The molecule has 2 aromatic rings. The zero-order valence-electron chi connectivity index (χ0n) is 14.2. The number of carbonyl (C=O) groups is 1. The Bertz CT molecular complexity index is 726. The number of carboxylic acids is 1. The molecule has 1 aliphatic heterocycles. The minimum Gasteiger partial charge on any atom is -0.481 e. The Morgan fingerprint density at radius 2 is 2.12 bits per heavy atom.